The number of hydrogen-bond donors (Lipinski definition) is 1. The van der Waals surface area contributed by atoms with Gasteiger partial charge in [0.15, 0.2) is 17.3 Å². The van der Waals surface area contributed by atoms with Crippen LogP contribution in [0.1, 0.15) is 23.6 Å². The molecule has 0 radical (unpaired) electrons. The van der Waals surface area contributed by atoms with Crippen LogP contribution >= 0.6 is 11.8 Å². The maximum Gasteiger partial charge on any atom is 0.283 e. The first kappa shape index (κ1) is 22.6. The van der Waals surface area contributed by atoms with E-state index < -0.39 is 5.91 Å². The number of hydrogen-bond acceptors (Lipinski definition) is 7. The van der Waals surface area contributed by atoms with Crippen molar-refractivity contribution in [2.75, 3.05) is 20.3 Å². The molecule has 0 saturated carbocycles. The number of aliphatic imine (C=N–C) groups is 1. The van der Waals surface area contributed by atoms with E-state index in [-0.39, 0.29) is 11.4 Å². The quantitative estimate of drug-likeness (QED) is 0.482. The van der Waals surface area contributed by atoms with Gasteiger partial charge in [0.05, 0.1) is 17.7 Å². The van der Waals surface area contributed by atoms with E-state index in [0.29, 0.717) is 35.4 Å². The lowest BCUT2D eigenvalue weighted by Gasteiger charge is -2.20. The third-order valence-corrected chi connectivity index (χ3v) is 5.87. The minimum atomic E-state index is -0.466. The fraction of sp³-hybridized carbons (Fsp3) is 0.250. The zero-order chi connectivity index (χ0) is 23.5. The van der Waals surface area contributed by atoms with Gasteiger partial charge in [-0.05, 0) is 67.4 Å². The first-order valence-electron chi connectivity index (χ1n) is 10.3. The molecule has 1 amide bonds. The number of para-hydroxylation sites is 1. The Morgan fingerprint density at radius 3 is 2.52 bits per heavy atom. The molecule has 1 N–H and O–H groups in total. The second-order valence-corrected chi connectivity index (χ2v) is 8.63. The Morgan fingerprint density at radius 1 is 1.06 bits per heavy atom. The zero-order valence-corrected chi connectivity index (χ0v) is 19.7. The number of hydrazone groups is 1. The summed E-state index contributed by atoms with van der Waals surface area (Å²) < 4.78 is 17.2. The molecule has 2 aromatic carbocycles. The number of amides is 1. The number of nitrogens with zero attached hydrogens (tertiary/aromatic N) is 3. The summed E-state index contributed by atoms with van der Waals surface area (Å²) in [5.74, 6) is 1.48. The van der Waals surface area contributed by atoms with Crippen LogP contribution in [0.15, 0.2) is 52.1 Å². The van der Waals surface area contributed by atoms with Crippen molar-refractivity contribution in [2.45, 2.75) is 20.8 Å². The summed E-state index contributed by atoms with van der Waals surface area (Å²) in [5.41, 5.74) is 3.01. The van der Waals surface area contributed by atoms with E-state index >= 15 is 0 Å². The molecule has 2 aliphatic rings. The van der Waals surface area contributed by atoms with Crippen LogP contribution in [0.4, 0.5) is 0 Å². The maximum absolute atomic E-state index is 12.5. The van der Waals surface area contributed by atoms with Gasteiger partial charge in [0, 0.05) is 0 Å². The van der Waals surface area contributed by atoms with Crippen LogP contribution in [-0.4, -0.2) is 47.3 Å². The first-order valence-corrected chi connectivity index (χ1v) is 11.2. The largest absolute Gasteiger partial charge is 0.493 e. The fourth-order valence-corrected chi connectivity index (χ4v) is 4.20. The minimum Gasteiger partial charge on any atom is -0.493 e. The molecule has 0 spiro atoms. The summed E-state index contributed by atoms with van der Waals surface area (Å²) in [4.78, 5) is 16.5. The Labute approximate surface area is 196 Å². The maximum atomic E-state index is 12.5. The van der Waals surface area contributed by atoms with Crippen molar-refractivity contribution in [3.63, 3.8) is 0 Å². The number of fused-ring (bicyclic) bond motifs is 1. The Bertz CT molecular complexity index is 1200. The minimum absolute atomic E-state index is 0.00251. The third-order valence-electron chi connectivity index (χ3n) is 5.05. The van der Waals surface area contributed by atoms with Gasteiger partial charge < -0.3 is 14.2 Å². The van der Waals surface area contributed by atoms with E-state index in [9.17, 15) is 4.79 Å². The van der Waals surface area contributed by atoms with Crippen LogP contribution in [0.25, 0.3) is 6.08 Å². The van der Waals surface area contributed by atoms with Gasteiger partial charge in [-0.15, -0.1) is 0 Å². The third kappa shape index (κ3) is 4.78. The number of benzene rings is 2. The predicted octanol–water partition coefficient (Wildman–Crippen LogP) is 4.41. The highest BCUT2D eigenvalue weighted by Crippen LogP contribution is 2.31. The lowest BCUT2D eigenvalue weighted by Crippen LogP contribution is -2.35. The second-order valence-electron chi connectivity index (χ2n) is 7.47. The van der Waals surface area contributed by atoms with Crippen LogP contribution in [0.2, 0.25) is 0 Å². The summed E-state index contributed by atoms with van der Waals surface area (Å²) in [5, 5.41) is 15.1. The van der Waals surface area contributed by atoms with Crippen LogP contribution in [0.5, 0.6) is 17.2 Å². The second kappa shape index (κ2) is 9.50. The standard InChI is InChI=1S/C24H24N4O4S/c1-14-6-5-7-15(2)21(14)32-11-10-31-19-9-8-17(13-20(19)30-4)12-18-22(25)28-24(26-23(18)29)33-16(3)27-28/h5-9,12-13,25H,10-11H2,1-4H3. The van der Waals surface area contributed by atoms with E-state index in [4.69, 9.17) is 19.6 Å². The summed E-state index contributed by atoms with van der Waals surface area (Å²) in [7, 11) is 1.55. The average Bonchev–Trinajstić information content (AvgIpc) is 3.16. The Balaban J connectivity index is 1.45. The number of carbonyl (C=O) groups excluding carboxylic acids is 1. The molecular weight excluding hydrogens is 440 g/mol. The molecule has 0 aliphatic carbocycles. The highest BCUT2D eigenvalue weighted by atomic mass is 32.2. The van der Waals surface area contributed by atoms with Crippen molar-refractivity contribution in [3.05, 3.63) is 58.7 Å². The number of rotatable bonds is 7. The molecule has 4 rings (SSSR count). The molecule has 0 aromatic heterocycles. The highest BCUT2D eigenvalue weighted by molar-refractivity contribution is 8.26. The van der Waals surface area contributed by atoms with E-state index in [1.54, 1.807) is 31.4 Å². The van der Waals surface area contributed by atoms with Gasteiger partial charge in [-0.25, -0.2) is 0 Å². The summed E-state index contributed by atoms with van der Waals surface area (Å²) >= 11 is 1.27. The van der Waals surface area contributed by atoms with Gasteiger partial charge in [-0.2, -0.15) is 15.1 Å². The molecule has 0 unspecified atom stereocenters. The smallest absolute Gasteiger partial charge is 0.283 e. The van der Waals surface area contributed by atoms with Crippen molar-refractivity contribution in [1.29, 1.82) is 5.41 Å². The number of thioether (sulfide) groups is 1. The van der Waals surface area contributed by atoms with E-state index in [2.05, 4.69) is 10.1 Å². The molecule has 33 heavy (non-hydrogen) atoms. The Morgan fingerprint density at radius 2 is 1.79 bits per heavy atom. The van der Waals surface area contributed by atoms with Crippen molar-refractivity contribution in [3.8, 4) is 17.2 Å². The first-order chi connectivity index (χ1) is 15.9. The summed E-state index contributed by atoms with van der Waals surface area (Å²) in [6, 6.07) is 11.3. The monoisotopic (exact) mass is 464 g/mol. The van der Waals surface area contributed by atoms with Crippen LogP contribution in [0.3, 0.4) is 0 Å². The fourth-order valence-electron chi connectivity index (χ4n) is 3.47. The van der Waals surface area contributed by atoms with Gasteiger partial charge in [-0.3, -0.25) is 10.2 Å². The lowest BCUT2D eigenvalue weighted by molar-refractivity contribution is -0.114. The molecule has 9 heteroatoms. The number of amidine groups is 2. The molecular formula is C24H24N4O4S. The van der Waals surface area contributed by atoms with E-state index in [1.807, 2.05) is 39.0 Å². The number of ether oxygens (including phenoxy) is 3. The molecule has 2 aliphatic heterocycles. The van der Waals surface area contributed by atoms with Crippen LogP contribution in [-0.2, 0) is 4.79 Å². The average molecular weight is 465 g/mol. The van der Waals surface area contributed by atoms with Crippen molar-refractivity contribution in [2.24, 2.45) is 10.1 Å². The normalized spacial score (nSPS) is 16.5. The van der Waals surface area contributed by atoms with E-state index in [1.165, 1.54) is 16.8 Å². The zero-order valence-electron chi connectivity index (χ0n) is 18.8. The molecule has 2 heterocycles. The molecule has 0 saturated heterocycles. The lowest BCUT2D eigenvalue weighted by atomic mass is 10.1. The molecule has 0 atom stereocenters. The number of carbonyl (C=O) groups is 1. The molecule has 170 valence electrons. The predicted molar refractivity (Wildman–Crippen MR) is 131 cm³/mol. The SMILES string of the molecule is COc1cc(C=C2C(=N)N3N=C(C)SC3=NC2=O)ccc1OCCOc1c(C)cccc1C. The number of aryl methyl sites for hydroxylation is 2. The topological polar surface area (TPSA) is 96.6 Å². The summed E-state index contributed by atoms with van der Waals surface area (Å²) in [6.45, 7) is 6.57. The van der Waals surface area contributed by atoms with Crippen LogP contribution in [0, 0.1) is 19.3 Å². The van der Waals surface area contributed by atoms with E-state index in [0.717, 1.165) is 21.9 Å². The highest BCUT2D eigenvalue weighted by Gasteiger charge is 2.34. The van der Waals surface area contributed by atoms with Gasteiger partial charge in [0.1, 0.15) is 19.0 Å². The Hall–Kier alpha value is -3.59. The van der Waals surface area contributed by atoms with Gasteiger partial charge >= 0.3 is 0 Å². The van der Waals surface area contributed by atoms with Gasteiger partial charge in [-0.1, -0.05) is 24.3 Å². The summed E-state index contributed by atoms with van der Waals surface area (Å²) in [6.07, 6.45) is 1.61. The Kier molecular flexibility index (Phi) is 6.50. The van der Waals surface area contributed by atoms with Crippen molar-refractivity contribution >= 4 is 39.8 Å². The number of methoxy groups -OCH3 is 1. The van der Waals surface area contributed by atoms with Gasteiger partial charge in [0.25, 0.3) is 5.91 Å². The number of nitrogens with one attached hydrogen (secondary N) is 1. The molecule has 0 bridgehead atoms. The molecule has 0 fully saturated rings. The van der Waals surface area contributed by atoms with Crippen molar-refractivity contribution < 1.29 is 19.0 Å². The van der Waals surface area contributed by atoms with Crippen molar-refractivity contribution in [1.82, 2.24) is 5.01 Å². The molecule has 8 nitrogen and oxygen atoms in total. The molecule has 2 aromatic rings. The van der Waals surface area contributed by atoms with Gasteiger partial charge in [0.2, 0.25) is 5.17 Å². The van der Waals surface area contributed by atoms with Crippen LogP contribution < -0.4 is 14.2 Å².